The van der Waals surface area contributed by atoms with Gasteiger partial charge in [0.15, 0.2) is 0 Å². The van der Waals surface area contributed by atoms with Crippen molar-refractivity contribution in [1.29, 1.82) is 0 Å². The standard InChI is InChI=1S/C15H26N2O4/c1-9(16-14(21)15(2,3)4)12(18)17-11-7-5-6-10(8-11)13(19)20/h9-11H,5-8H2,1-4H3,(H,16,21)(H,17,18)(H,19,20). The molecule has 0 aliphatic heterocycles. The van der Waals surface area contributed by atoms with Gasteiger partial charge in [-0.2, -0.15) is 0 Å². The van der Waals surface area contributed by atoms with Gasteiger partial charge >= 0.3 is 5.97 Å². The smallest absolute Gasteiger partial charge is 0.306 e. The fraction of sp³-hybridized carbons (Fsp3) is 0.800. The summed E-state index contributed by atoms with van der Waals surface area (Å²) >= 11 is 0. The van der Waals surface area contributed by atoms with Gasteiger partial charge in [0.2, 0.25) is 11.8 Å². The lowest BCUT2D eigenvalue weighted by Gasteiger charge is -2.29. The van der Waals surface area contributed by atoms with Gasteiger partial charge in [0.1, 0.15) is 6.04 Å². The number of nitrogens with one attached hydrogen (secondary N) is 2. The van der Waals surface area contributed by atoms with E-state index in [4.69, 9.17) is 5.11 Å². The summed E-state index contributed by atoms with van der Waals surface area (Å²) < 4.78 is 0. The second kappa shape index (κ2) is 6.91. The molecule has 0 aromatic carbocycles. The molecule has 3 atom stereocenters. The van der Waals surface area contributed by atoms with Crippen LogP contribution in [0.5, 0.6) is 0 Å². The molecule has 3 N–H and O–H groups in total. The summed E-state index contributed by atoms with van der Waals surface area (Å²) in [5.74, 6) is -1.63. The van der Waals surface area contributed by atoms with Crippen molar-refractivity contribution in [3.05, 3.63) is 0 Å². The van der Waals surface area contributed by atoms with Crippen LogP contribution in [0.4, 0.5) is 0 Å². The Morgan fingerprint density at radius 2 is 1.81 bits per heavy atom. The van der Waals surface area contributed by atoms with E-state index in [2.05, 4.69) is 10.6 Å². The molecular weight excluding hydrogens is 272 g/mol. The summed E-state index contributed by atoms with van der Waals surface area (Å²) in [4.78, 5) is 34.9. The highest BCUT2D eigenvalue weighted by Gasteiger charge is 2.30. The Labute approximate surface area is 125 Å². The molecule has 1 fully saturated rings. The second-order valence-electron chi connectivity index (χ2n) is 6.85. The number of carboxylic acid groups (broad SMARTS) is 1. The maximum atomic E-state index is 12.1. The third-order valence-electron chi connectivity index (χ3n) is 3.79. The van der Waals surface area contributed by atoms with E-state index in [9.17, 15) is 14.4 Å². The minimum absolute atomic E-state index is 0.124. The quantitative estimate of drug-likeness (QED) is 0.729. The number of carboxylic acids is 1. The topological polar surface area (TPSA) is 95.5 Å². The first kappa shape index (κ1) is 17.5. The van der Waals surface area contributed by atoms with Gasteiger partial charge in [-0.25, -0.2) is 0 Å². The van der Waals surface area contributed by atoms with Crippen molar-refractivity contribution < 1.29 is 19.5 Å². The van der Waals surface area contributed by atoms with E-state index in [1.54, 1.807) is 27.7 Å². The van der Waals surface area contributed by atoms with E-state index in [1.165, 1.54) is 0 Å². The average Bonchev–Trinajstić information content (AvgIpc) is 2.37. The van der Waals surface area contributed by atoms with Crippen LogP contribution >= 0.6 is 0 Å². The molecule has 21 heavy (non-hydrogen) atoms. The van der Waals surface area contributed by atoms with Crippen LogP contribution in [0.3, 0.4) is 0 Å². The van der Waals surface area contributed by atoms with Crippen LogP contribution in [0.1, 0.15) is 53.4 Å². The Morgan fingerprint density at radius 1 is 1.19 bits per heavy atom. The summed E-state index contributed by atoms with van der Waals surface area (Å²) in [5.41, 5.74) is -0.548. The summed E-state index contributed by atoms with van der Waals surface area (Å²) in [5, 5.41) is 14.6. The molecule has 6 nitrogen and oxygen atoms in total. The predicted octanol–water partition coefficient (Wildman–Crippen LogP) is 1.30. The van der Waals surface area contributed by atoms with Crippen molar-refractivity contribution in [3.8, 4) is 0 Å². The number of amides is 2. The van der Waals surface area contributed by atoms with E-state index < -0.39 is 17.4 Å². The number of carbonyl (C=O) groups is 3. The first-order valence-corrected chi connectivity index (χ1v) is 7.45. The highest BCUT2D eigenvalue weighted by Crippen LogP contribution is 2.24. The molecule has 0 radical (unpaired) electrons. The van der Waals surface area contributed by atoms with Crippen molar-refractivity contribution in [2.24, 2.45) is 11.3 Å². The van der Waals surface area contributed by atoms with Crippen molar-refractivity contribution in [1.82, 2.24) is 10.6 Å². The van der Waals surface area contributed by atoms with Crippen molar-refractivity contribution >= 4 is 17.8 Å². The molecule has 0 aromatic rings. The molecule has 0 heterocycles. The van der Waals surface area contributed by atoms with Crippen LogP contribution in [0, 0.1) is 11.3 Å². The fourth-order valence-electron chi connectivity index (χ4n) is 2.35. The van der Waals surface area contributed by atoms with Crippen LogP contribution in [0.15, 0.2) is 0 Å². The zero-order chi connectivity index (χ0) is 16.2. The van der Waals surface area contributed by atoms with Gasteiger partial charge in [-0.1, -0.05) is 27.2 Å². The summed E-state index contributed by atoms with van der Waals surface area (Å²) in [6.07, 6.45) is 2.71. The zero-order valence-electron chi connectivity index (χ0n) is 13.2. The van der Waals surface area contributed by atoms with Gasteiger partial charge in [0, 0.05) is 11.5 Å². The number of hydrogen-bond donors (Lipinski definition) is 3. The van der Waals surface area contributed by atoms with Gasteiger partial charge in [0.25, 0.3) is 0 Å². The zero-order valence-corrected chi connectivity index (χ0v) is 13.2. The first-order valence-electron chi connectivity index (χ1n) is 7.45. The van der Waals surface area contributed by atoms with Gasteiger partial charge in [-0.05, 0) is 26.2 Å². The normalized spacial score (nSPS) is 24.0. The Kier molecular flexibility index (Phi) is 5.75. The molecule has 1 saturated carbocycles. The van der Waals surface area contributed by atoms with Gasteiger partial charge < -0.3 is 15.7 Å². The Hall–Kier alpha value is -1.59. The molecule has 120 valence electrons. The predicted molar refractivity (Wildman–Crippen MR) is 78.6 cm³/mol. The van der Waals surface area contributed by atoms with Crippen LogP contribution < -0.4 is 10.6 Å². The Morgan fingerprint density at radius 3 is 2.33 bits per heavy atom. The molecule has 0 aromatic heterocycles. The highest BCUT2D eigenvalue weighted by molar-refractivity contribution is 5.89. The van der Waals surface area contributed by atoms with E-state index in [0.29, 0.717) is 12.8 Å². The molecule has 3 unspecified atom stereocenters. The Bertz CT molecular complexity index is 414. The summed E-state index contributed by atoms with van der Waals surface area (Å²) in [6, 6.07) is -0.747. The minimum Gasteiger partial charge on any atom is -0.481 e. The number of hydrogen-bond acceptors (Lipinski definition) is 3. The number of rotatable bonds is 4. The molecular formula is C15H26N2O4. The third-order valence-corrected chi connectivity index (χ3v) is 3.79. The first-order chi connectivity index (χ1) is 9.61. The van der Waals surface area contributed by atoms with Crippen LogP contribution in [-0.2, 0) is 14.4 Å². The van der Waals surface area contributed by atoms with E-state index in [1.807, 2.05) is 0 Å². The fourth-order valence-corrected chi connectivity index (χ4v) is 2.35. The van der Waals surface area contributed by atoms with E-state index >= 15 is 0 Å². The lowest BCUT2D eigenvalue weighted by atomic mass is 9.85. The summed E-state index contributed by atoms with van der Waals surface area (Å²) in [7, 11) is 0. The second-order valence-corrected chi connectivity index (χ2v) is 6.85. The average molecular weight is 298 g/mol. The highest BCUT2D eigenvalue weighted by atomic mass is 16.4. The SMILES string of the molecule is CC(NC(=O)C(C)(C)C)C(=O)NC1CCCC(C(=O)O)C1. The molecule has 6 heteroatoms. The lowest BCUT2D eigenvalue weighted by molar-refractivity contribution is -0.143. The van der Waals surface area contributed by atoms with Crippen molar-refractivity contribution in [2.45, 2.75) is 65.5 Å². The van der Waals surface area contributed by atoms with Crippen LogP contribution in [0.2, 0.25) is 0 Å². The molecule has 1 aliphatic rings. The van der Waals surface area contributed by atoms with Crippen molar-refractivity contribution in [3.63, 3.8) is 0 Å². The largest absolute Gasteiger partial charge is 0.481 e. The van der Waals surface area contributed by atoms with Gasteiger partial charge in [0.05, 0.1) is 5.92 Å². The van der Waals surface area contributed by atoms with E-state index in [-0.39, 0.29) is 23.8 Å². The number of carbonyl (C=O) groups excluding carboxylic acids is 2. The molecule has 1 rings (SSSR count). The van der Waals surface area contributed by atoms with Crippen LogP contribution in [-0.4, -0.2) is 35.0 Å². The number of aliphatic carboxylic acids is 1. The molecule has 0 spiro atoms. The minimum atomic E-state index is -0.803. The summed E-state index contributed by atoms with van der Waals surface area (Å²) in [6.45, 7) is 6.99. The molecule has 1 aliphatic carbocycles. The maximum Gasteiger partial charge on any atom is 0.306 e. The van der Waals surface area contributed by atoms with Crippen LogP contribution in [0.25, 0.3) is 0 Å². The lowest BCUT2D eigenvalue weighted by Crippen LogP contribution is -2.51. The molecule has 0 saturated heterocycles. The molecule has 0 bridgehead atoms. The van der Waals surface area contributed by atoms with Crippen molar-refractivity contribution in [2.75, 3.05) is 0 Å². The Balaban J connectivity index is 2.49. The van der Waals surface area contributed by atoms with Gasteiger partial charge in [-0.15, -0.1) is 0 Å². The third kappa shape index (κ3) is 5.36. The maximum absolute atomic E-state index is 12.1. The van der Waals surface area contributed by atoms with Gasteiger partial charge in [-0.3, -0.25) is 14.4 Å². The van der Waals surface area contributed by atoms with E-state index in [0.717, 1.165) is 12.8 Å². The monoisotopic (exact) mass is 298 g/mol. The molecule has 2 amide bonds.